The Labute approximate surface area is 90.2 Å². The molecule has 1 aromatic rings. The largest absolute Gasteiger partial charge is 0.449 e. The first-order chi connectivity index (χ1) is 6.99. The SMILES string of the molecule is CC(C)COS(=O)(=O)Oc1ccccc1. The lowest BCUT2D eigenvalue weighted by molar-refractivity contribution is 0.241. The van der Waals surface area contributed by atoms with Crippen LogP contribution in [0, 0.1) is 5.92 Å². The van der Waals surface area contributed by atoms with Gasteiger partial charge in [-0.05, 0) is 18.1 Å². The molecule has 0 heterocycles. The van der Waals surface area contributed by atoms with Crippen LogP contribution in [0.2, 0.25) is 0 Å². The highest BCUT2D eigenvalue weighted by atomic mass is 32.3. The maximum Gasteiger partial charge on any atom is 0.449 e. The van der Waals surface area contributed by atoms with E-state index in [1.54, 1.807) is 30.3 Å². The molecule has 0 N–H and O–H groups in total. The van der Waals surface area contributed by atoms with Crippen LogP contribution in [0.1, 0.15) is 13.8 Å². The number of rotatable bonds is 5. The second kappa shape index (κ2) is 5.14. The average molecular weight is 230 g/mol. The number of benzene rings is 1. The first-order valence-corrected chi connectivity index (χ1v) is 5.97. The van der Waals surface area contributed by atoms with E-state index in [4.69, 9.17) is 4.18 Å². The Morgan fingerprint density at radius 2 is 1.80 bits per heavy atom. The summed E-state index contributed by atoms with van der Waals surface area (Å²) < 4.78 is 31.9. The van der Waals surface area contributed by atoms with Crippen LogP contribution in [-0.2, 0) is 14.6 Å². The number of para-hydroxylation sites is 1. The Hall–Kier alpha value is -1.07. The molecule has 0 aliphatic carbocycles. The minimum Gasteiger partial charge on any atom is -0.362 e. The summed E-state index contributed by atoms with van der Waals surface area (Å²) in [5.74, 6) is 0.389. The van der Waals surface area contributed by atoms with Crippen molar-refractivity contribution in [3.05, 3.63) is 30.3 Å². The summed E-state index contributed by atoms with van der Waals surface area (Å²) in [5.41, 5.74) is 0. The molecule has 0 saturated carbocycles. The highest BCUT2D eigenvalue weighted by Gasteiger charge is 2.13. The van der Waals surface area contributed by atoms with Gasteiger partial charge in [0.15, 0.2) is 0 Å². The predicted octanol–water partition coefficient (Wildman–Crippen LogP) is 1.98. The van der Waals surface area contributed by atoms with Crippen molar-refractivity contribution in [2.75, 3.05) is 6.61 Å². The highest BCUT2D eigenvalue weighted by molar-refractivity contribution is 7.82. The molecule has 5 heteroatoms. The first kappa shape index (κ1) is 12.0. The van der Waals surface area contributed by atoms with Gasteiger partial charge < -0.3 is 4.18 Å². The van der Waals surface area contributed by atoms with E-state index in [0.717, 1.165) is 0 Å². The second-order valence-electron chi connectivity index (χ2n) is 3.48. The van der Waals surface area contributed by atoms with Crippen molar-refractivity contribution >= 4 is 10.4 Å². The molecule has 0 amide bonds. The normalized spacial score (nSPS) is 11.7. The van der Waals surface area contributed by atoms with E-state index in [-0.39, 0.29) is 18.3 Å². The van der Waals surface area contributed by atoms with Gasteiger partial charge in [0, 0.05) is 0 Å². The fourth-order valence-corrected chi connectivity index (χ4v) is 1.67. The second-order valence-corrected chi connectivity index (χ2v) is 4.70. The standard InChI is InChI=1S/C10H14O4S/c1-9(2)8-13-15(11,12)14-10-6-4-3-5-7-10/h3-7,9H,8H2,1-2H3. The summed E-state index contributed by atoms with van der Waals surface area (Å²) in [6.45, 7) is 3.84. The molecule has 0 fully saturated rings. The van der Waals surface area contributed by atoms with E-state index in [9.17, 15) is 8.42 Å². The molecule has 1 rings (SSSR count). The first-order valence-electron chi connectivity index (χ1n) is 4.63. The van der Waals surface area contributed by atoms with Crippen molar-refractivity contribution in [1.82, 2.24) is 0 Å². The molecular weight excluding hydrogens is 216 g/mol. The van der Waals surface area contributed by atoms with Crippen LogP contribution in [0.4, 0.5) is 0 Å². The van der Waals surface area contributed by atoms with Gasteiger partial charge in [0.2, 0.25) is 0 Å². The fourth-order valence-electron chi connectivity index (χ4n) is 0.837. The van der Waals surface area contributed by atoms with Crippen LogP contribution in [0.25, 0.3) is 0 Å². The number of hydrogen-bond donors (Lipinski definition) is 0. The minimum atomic E-state index is -3.93. The molecule has 4 nitrogen and oxygen atoms in total. The van der Waals surface area contributed by atoms with Gasteiger partial charge in [0.1, 0.15) is 5.75 Å². The van der Waals surface area contributed by atoms with Gasteiger partial charge >= 0.3 is 10.4 Å². The summed E-state index contributed by atoms with van der Waals surface area (Å²) in [5, 5.41) is 0. The molecule has 0 unspecified atom stereocenters. The topological polar surface area (TPSA) is 52.6 Å². The third-order valence-corrected chi connectivity index (χ3v) is 2.31. The van der Waals surface area contributed by atoms with Gasteiger partial charge in [0.05, 0.1) is 6.61 Å². The molecule has 0 aliphatic rings. The lowest BCUT2D eigenvalue weighted by Gasteiger charge is -2.08. The maximum atomic E-state index is 11.3. The zero-order valence-corrected chi connectivity index (χ0v) is 9.53. The van der Waals surface area contributed by atoms with Crippen molar-refractivity contribution in [1.29, 1.82) is 0 Å². The van der Waals surface area contributed by atoms with Crippen LogP contribution in [0.5, 0.6) is 5.75 Å². The lowest BCUT2D eigenvalue weighted by atomic mass is 10.2. The summed E-state index contributed by atoms with van der Waals surface area (Å²) in [4.78, 5) is 0. The Morgan fingerprint density at radius 3 is 2.33 bits per heavy atom. The van der Waals surface area contributed by atoms with E-state index in [1.165, 1.54) is 0 Å². The molecule has 1 aromatic carbocycles. The monoisotopic (exact) mass is 230 g/mol. The van der Waals surface area contributed by atoms with Gasteiger partial charge in [-0.15, -0.1) is 0 Å². The van der Waals surface area contributed by atoms with Gasteiger partial charge in [-0.1, -0.05) is 32.0 Å². The van der Waals surface area contributed by atoms with Crippen LogP contribution in [0.15, 0.2) is 30.3 Å². The Balaban J connectivity index is 2.57. The molecule has 0 atom stereocenters. The zero-order chi connectivity index (χ0) is 11.3. The van der Waals surface area contributed by atoms with Gasteiger partial charge in [-0.3, -0.25) is 0 Å². The van der Waals surface area contributed by atoms with Gasteiger partial charge in [0.25, 0.3) is 0 Å². The summed E-state index contributed by atoms with van der Waals surface area (Å²) in [6, 6.07) is 8.25. The van der Waals surface area contributed by atoms with Crippen LogP contribution < -0.4 is 4.18 Å². The van der Waals surface area contributed by atoms with E-state index < -0.39 is 10.4 Å². The average Bonchev–Trinajstić information content (AvgIpc) is 2.16. The van der Waals surface area contributed by atoms with Crippen LogP contribution >= 0.6 is 0 Å². The van der Waals surface area contributed by atoms with Crippen molar-refractivity contribution in [3.8, 4) is 5.75 Å². The number of hydrogen-bond acceptors (Lipinski definition) is 4. The third kappa shape index (κ3) is 4.80. The molecule has 0 spiro atoms. The zero-order valence-electron chi connectivity index (χ0n) is 8.71. The van der Waals surface area contributed by atoms with Crippen molar-refractivity contribution < 1.29 is 16.8 Å². The predicted molar refractivity (Wildman–Crippen MR) is 56.8 cm³/mol. The molecule has 0 aliphatic heterocycles. The highest BCUT2D eigenvalue weighted by Crippen LogP contribution is 2.12. The maximum absolute atomic E-state index is 11.3. The quantitative estimate of drug-likeness (QED) is 0.776. The van der Waals surface area contributed by atoms with E-state index in [0.29, 0.717) is 0 Å². The minimum absolute atomic E-state index is 0.120. The van der Waals surface area contributed by atoms with Crippen molar-refractivity contribution in [2.24, 2.45) is 5.92 Å². The van der Waals surface area contributed by atoms with Crippen LogP contribution in [-0.4, -0.2) is 15.0 Å². The van der Waals surface area contributed by atoms with Crippen molar-refractivity contribution in [3.63, 3.8) is 0 Å². The smallest absolute Gasteiger partial charge is 0.362 e. The molecule has 0 saturated heterocycles. The van der Waals surface area contributed by atoms with Gasteiger partial charge in [-0.25, -0.2) is 4.18 Å². The van der Waals surface area contributed by atoms with E-state index >= 15 is 0 Å². The summed E-state index contributed by atoms with van der Waals surface area (Å²) >= 11 is 0. The summed E-state index contributed by atoms with van der Waals surface area (Å²) in [6.07, 6.45) is 0. The molecule has 0 radical (unpaired) electrons. The molecule has 84 valence electrons. The molecule has 0 aromatic heterocycles. The Kier molecular flexibility index (Phi) is 4.11. The van der Waals surface area contributed by atoms with E-state index in [2.05, 4.69) is 4.18 Å². The fraction of sp³-hybridized carbons (Fsp3) is 0.400. The third-order valence-electron chi connectivity index (χ3n) is 1.49. The Morgan fingerprint density at radius 1 is 1.20 bits per heavy atom. The Bertz CT molecular complexity index is 383. The van der Waals surface area contributed by atoms with Gasteiger partial charge in [-0.2, -0.15) is 8.42 Å². The molecule has 15 heavy (non-hydrogen) atoms. The van der Waals surface area contributed by atoms with Crippen molar-refractivity contribution in [2.45, 2.75) is 13.8 Å². The lowest BCUT2D eigenvalue weighted by Crippen LogP contribution is -2.16. The molecule has 0 bridgehead atoms. The summed E-state index contributed by atoms with van der Waals surface area (Å²) in [7, 11) is -3.93. The van der Waals surface area contributed by atoms with Crippen LogP contribution in [0.3, 0.4) is 0 Å². The molecular formula is C10H14O4S. The van der Waals surface area contributed by atoms with E-state index in [1.807, 2.05) is 13.8 Å².